The Morgan fingerprint density at radius 2 is 2.47 bits per heavy atom. The minimum absolute atomic E-state index is 0.100. The predicted molar refractivity (Wildman–Crippen MR) is 62.2 cm³/mol. The standard InChI is InChI=1S/C10H17N5O2/c1-3-10(2,8(11)15-17)9(16)14-6-7-12-4-5-13-7/h4-5,17H,3,6H2,1-2H3,(H2,11,15)(H,12,13)(H,14,16). The smallest absolute Gasteiger partial charge is 0.234 e. The van der Waals surface area contributed by atoms with Gasteiger partial charge in [-0.1, -0.05) is 12.1 Å². The number of carbonyl (C=O) groups is 1. The fourth-order valence-corrected chi connectivity index (χ4v) is 1.32. The van der Waals surface area contributed by atoms with Crippen molar-refractivity contribution in [2.75, 3.05) is 0 Å². The van der Waals surface area contributed by atoms with E-state index in [1.165, 1.54) is 0 Å². The SMILES string of the molecule is CCC(C)(C(=O)NCc1ncc[nH]1)/C(N)=N/O. The first kappa shape index (κ1) is 13.0. The maximum absolute atomic E-state index is 12.0. The van der Waals surface area contributed by atoms with E-state index in [4.69, 9.17) is 10.9 Å². The number of nitrogens with zero attached hydrogens (tertiary/aromatic N) is 2. The summed E-state index contributed by atoms with van der Waals surface area (Å²) in [6.45, 7) is 3.70. The molecule has 0 aromatic carbocycles. The van der Waals surface area contributed by atoms with E-state index in [9.17, 15) is 4.79 Å². The van der Waals surface area contributed by atoms with Crippen LogP contribution in [0.15, 0.2) is 17.5 Å². The number of hydrogen-bond donors (Lipinski definition) is 4. The number of carbonyl (C=O) groups excluding carboxylic acids is 1. The van der Waals surface area contributed by atoms with Crippen LogP contribution in [0.25, 0.3) is 0 Å². The van der Waals surface area contributed by atoms with Crippen molar-refractivity contribution in [3.8, 4) is 0 Å². The van der Waals surface area contributed by atoms with E-state index >= 15 is 0 Å². The average molecular weight is 239 g/mol. The molecule has 1 aromatic rings. The maximum atomic E-state index is 12.0. The Morgan fingerprint density at radius 1 is 1.76 bits per heavy atom. The zero-order valence-electron chi connectivity index (χ0n) is 9.90. The highest BCUT2D eigenvalue weighted by atomic mass is 16.4. The summed E-state index contributed by atoms with van der Waals surface area (Å²) >= 11 is 0. The van der Waals surface area contributed by atoms with Crippen LogP contribution < -0.4 is 11.1 Å². The highest BCUT2D eigenvalue weighted by molar-refractivity contribution is 6.06. The van der Waals surface area contributed by atoms with Gasteiger partial charge < -0.3 is 21.2 Å². The lowest BCUT2D eigenvalue weighted by atomic mass is 9.85. The molecule has 0 aliphatic carbocycles. The van der Waals surface area contributed by atoms with Gasteiger partial charge in [-0.25, -0.2) is 4.98 Å². The maximum Gasteiger partial charge on any atom is 0.234 e. The topological polar surface area (TPSA) is 116 Å². The van der Waals surface area contributed by atoms with Gasteiger partial charge in [0.25, 0.3) is 0 Å². The summed E-state index contributed by atoms with van der Waals surface area (Å²) in [6, 6.07) is 0. The molecule has 5 N–H and O–H groups in total. The summed E-state index contributed by atoms with van der Waals surface area (Å²) < 4.78 is 0. The Morgan fingerprint density at radius 3 is 2.94 bits per heavy atom. The van der Waals surface area contributed by atoms with Crippen molar-refractivity contribution in [2.24, 2.45) is 16.3 Å². The van der Waals surface area contributed by atoms with Crippen molar-refractivity contribution in [2.45, 2.75) is 26.8 Å². The number of aromatic amines is 1. The van der Waals surface area contributed by atoms with Gasteiger partial charge in [-0.15, -0.1) is 0 Å². The minimum atomic E-state index is -1.01. The summed E-state index contributed by atoms with van der Waals surface area (Å²) in [7, 11) is 0. The van der Waals surface area contributed by atoms with Gasteiger partial charge >= 0.3 is 0 Å². The normalized spacial score (nSPS) is 15.3. The van der Waals surface area contributed by atoms with Crippen molar-refractivity contribution >= 4 is 11.7 Å². The van der Waals surface area contributed by atoms with Gasteiger partial charge in [0.15, 0.2) is 5.84 Å². The Bertz CT molecular complexity index is 401. The van der Waals surface area contributed by atoms with Crippen molar-refractivity contribution < 1.29 is 10.0 Å². The Hall–Kier alpha value is -2.05. The lowest BCUT2D eigenvalue weighted by Crippen LogP contribution is -2.47. The second kappa shape index (κ2) is 5.33. The molecular formula is C10H17N5O2. The second-order valence-electron chi connectivity index (χ2n) is 3.89. The number of amidine groups is 1. The van der Waals surface area contributed by atoms with Crippen molar-refractivity contribution in [3.63, 3.8) is 0 Å². The van der Waals surface area contributed by atoms with Crippen LogP contribution in [0.4, 0.5) is 0 Å². The molecule has 1 unspecified atom stereocenters. The lowest BCUT2D eigenvalue weighted by molar-refractivity contribution is -0.127. The van der Waals surface area contributed by atoms with Gasteiger partial charge in [0, 0.05) is 12.4 Å². The number of amides is 1. The van der Waals surface area contributed by atoms with Crippen LogP contribution in [-0.2, 0) is 11.3 Å². The Kier molecular flexibility index (Phi) is 4.08. The predicted octanol–water partition coefficient (Wildman–Crippen LogP) is 0.189. The van der Waals surface area contributed by atoms with E-state index in [0.29, 0.717) is 12.2 Å². The zero-order valence-corrected chi connectivity index (χ0v) is 9.90. The monoisotopic (exact) mass is 239 g/mol. The van der Waals surface area contributed by atoms with Crippen LogP contribution in [0.2, 0.25) is 0 Å². The first-order chi connectivity index (χ1) is 8.04. The molecule has 94 valence electrons. The second-order valence-corrected chi connectivity index (χ2v) is 3.89. The molecule has 1 heterocycles. The molecule has 0 bridgehead atoms. The Balaban J connectivity index is 2.67. The summed E-state index contributed by atoms with van der Waals surface area (Å²) in [5.41, 5.74) is 4.52. The molecule has 7 nitrogen and oxygen atoms in total. The van der Waals surface area contributed by atoms with Gasteiger partial charge in [-0.05, 0) is 13.3 Å². The fraction of sp³-hybridized carbons (Fsp3) is 0.500. The number of H-pyrrole nitrogens is 1. The molecule has 0 aliphatic rings. The molecule has 0 fully saturated rings. The quantitative estimate of drug-likeness (QED) is 0.254. The van der Waals surface area contributed by atoms with Crippen LogP contribution in [0, 0.1) is 5.41 Å². The molecule has 1 atom stereocenters. The van der Waals surface area contributed by atoms with Gasteiger partial charge in [0.2, 0.25) is 5.91 Å². The van der Waals surface area contributed by atoms with Crippen LogP contribution in [-0.4, -0.2) is 26.9 Å². The lowest BCUT2D eigenvalue weighted by Gasteiger charge is -2.24. The molecular weight excluding hydrogens is 222 g/mol. The third-order valence-corrected chi connectivity index (χ3v) is 2.85. The van der Waals surface area contributed by atoms with E-state index in [1.54, 1.807) is 26.2 Å². The summed E-state index contributed by atoms with van der Waals surface area (Å²) in [4.78, 5) is 18.8. The summed E-state index contributed by atoms with van der Waals surface area (Å²) in [5, 5.41) is 14.3. The van der Waals surface area contributed by atoms with Crippen LogP contribution in [0.3, 0.4) is 0 Å². The van der Waals surface area contributed by atoms with E-state index in [2.05, 4.69) is 20.4 Å². The largest absolute Gasteiger partial charge is 0.409 e. The van der Waals surface area contributed by atoms with Crippen LogP contribution in [0.1, 0.15) is 26.1 Å². The minimum Gasteiger partial charge on any atom is -0.409 e. The third kappa shape index (κ3) is 2.74. The van der Waals surface area contributed by atoms with Gasteiger partial charge in [-0.2, -0.15) is 0 Å². The molecule has 17 heavy (non-hydrogen) atoms. The van der Waals surface area contributed by atoms with Crippen LogP contribution in [0.5, 0.6) is 0 Å². The van der Waals surface area contributed by atoms with Crippen molar-refractivity contribution in [1.29, 1.82) is 0 Å². The third-order valence-electron chi connectivity index (χ3n) is 2.85. The van der Waals surface area contributed by atoms with Gasteiger partial charge in [-0.3, -0.25) is 4.79 Å². The molecule has 1 amide bonds. The number of rotatable bonds is 5. The van der Waals surface area contributed by atoms with E-state index < -0.39 is 5.41 Å². The molecule has 0 saturated carbocycles. The average Bonchev–Trinajstić information content (AvgIpc) is 2.86. The number of nitrogens with one attached hydrogen (secondary N) is 2. The summed E-state index contributed by atoms with van der Waals surface area (Å²) in [6.07, 6.45) is 3.71. The number of hydrogen-bond acceptors (Lipinski definition) is 4. The molecule has 0 radical (unpaired) electrons. The molecule has 0 spiro atoms. The molecule has 1 aromatic heterocycles. The van der Waals surface area contributed by atoms with Gasteiger partial charge in [0.05, 0.1) is 6.54 Å². The van der Waals surface area contributed by atoms with E-state index in [-0.39, 0.29) is 18.3 Å². The van der Waals surface area contributed by atoms with Crippen molar-refractivity contribution in [3.05, 3.63) is 18.2 Å². The first-order valence-electron chi connectivity index (χ1n) is 5.29. The first-order valence-corrected chi connectivity index (χ1v) is 5.29. The summed E-state index contributed by atoms with van der Waals surface area (Å²) in [5.74, 6) is 0.250. The van der Waals surface area contributed by atoms with E-state index in [0.717, 1.165) is 0 Å². The molecule has 1 rings (SSSR count). The highest BCUT2D eigenvalue weighted by Gasteiger charge is 2.36. The molecule has 0 saturated heterocycles. The number of imidazole rings is 1. The number of aromatic nitrogens is 2. The highest BCUT2D eigenvalue weighted by Crippen LogP contribution is 2.21. The molecule has 0 aliphatic heterocycles. The van der Waals surface area contributed by atoms with Gasteiger partial charge in [0.1, 0.15) is 11.2 Å². The van der Waals surface area contributed by atoms with Crippen molar-refractivity contribution in [1.82, 2.24) is 15.3 Å². The molecule has 7 heteroatoms. The number of nitrogens with two attached hydrogens (primary N) is 1. The van der Waals surface area contributed by atoms with E-state index in [1.807, 2.05) is 0 Å². The fourth-order valence-electron chi connectivity index (χ4n) is 1.32. The van der Waals surface area contributed by atoms with Crippen LogP contribution >= 0.6 is 0 Å². The number of oxime groups is 1. The Labute approximate surface area is 99.1 Å². The zero-order chi connectivity index (χ0) is 12.9.